The minimum atomic E-state index is -3.02. The third kappa shape index (κ3) is 2.37. The molecule has 18 heavy (non-hydrogen) atoms. The molecule has 1 aromatic carbocycles. The lowest BCUT2D eigenvalue weighted by atomic mass is 9.98. The lowest BCUT2D eigenvalue weighted by Crippen LogP contribution is -2.19. The van der Waals surface area contributed by atoms with E-state index in [9.17, 15) is 8.78 Å². The molecular formula is C13H13F2NO2. The van der Waals surface area contributed by atoms with Gasteiger partial charge in [0.2, 0.25) is 0 Å². The van der Waals surface area contributed by atoms with Gasteiger partial charge < -0.3 is 9.47 Å². The highest BCUT2D eigenvalue weighted by molar-refractivity contribution is 5.49. The van der Waals surface area contributed by atoms with Crippen molar-refractivity contribution in [2.75, 3.05) is 13.2 Å². The monoisotopic (exact) mass is 253 g/mol. The molecule has 0 fully saturated rings. The molecule has 5 heteroatoms. The second kappa shape index (κ2) is 4.81. The van der Waals surface area contributed by atoms with Gasteiger partial charge in [0.1, 0.15) is 13.2 Å². The topological polar surface area (TPSA) is 42.2 Å². The van der Waals surface area contributed by atoms with Crippen molar-refractivity contribution in [2.45, 2.75) is 25.7 Å². The van der Waals surface area contributed by atoms with Gasteiger partial charge in [-0.25, -0.2) is 8.78 Å². The SMILES string of the molecule is Cc1cc2c(cc1C(F)(F)CCC#N)OCCO2. The Morgan fingerprint density at radius 3 is 2.50 bits per heavy atom. The maximum atomic E-state index is 13.9. The zero-order valence-corrected chi connectivity index (χ0v) is 10.0. The summed E-state index contributed by atoms with van der Waals surface area (Å²) in [4.78, 5) is 0. The fourth-order valence-corrected chi connectivity index (χ4v) is 1.93. The van der Waals surface area contributed by atoms with E-state index in [1.165, 1.54) is 6.07 Å². The van der Waals surface area contributed by atoms with Gasteiger partial charge in [0, 0.05) is 18.4 Å². The first-order valence-electron chi connectivity index (χ1n) is 5.70. The average Bonchev–Trinajstić information content (AvgIpc) is 2.35. The van der Waals surface area contributed by atoms with Crippen molar-refractivity contribution in [3.8, 4) is 17.6 Å². The van der Waals surface area contributed by atoms with Gasteiger partial charge in [0.15, 0.2) is 11.5 Å². The molecule has 0 unspecified atom stereocenters. The molecule has 0 aliphatic carbocycles. The van der Waals surface area contributed by atoms with Gasteiger partial charge in [-0.3, -0.25) is 0 Å². The van der Waals surface area contributed by atoms with Crippen LogP contribution in [-0.4, -0.2) is 13.2 Å². The molecule has 2 rings (SSSR count). The first kappa shape index (κ1) is 12.6. The predicted octanol–water partition coefficient (Wildman–Crippen LogP) is 3.16. The van der Waals surface area contributed by atoms with Crippen LogP contribution in [0.2, 0.25) is 0 Å². The molecule has 96 valence electrons. The predicted molar refractivity (Wildman–Crippen MR) is 60.9 cm³/mol. The summed E-state index contributed by atoms with van der Waals surface area (Å²) in [6.07, 6.45) is -0.662. The molecule has 0 N–H and O–H groups in total. The number of nitrogens with zero attached hydrogens (tertiary/aromatic N) is 1. The second-order valence-electron chi connectivity index (χ2n) is 4.17. The standard InChI is InChI=1S/C13H13F2NO2/c1-9-7-11-12(18-6-5-17-11)8-10(9)13(14,15)3-2-4-16/h7-8H,2-3,5-6H2,1H3. The molecule has 0 amide bonds. The Balaban J connectivity index is 2.36. The molecule has 0 aromatic heterocycles. The maximum Gasteiger partial charge on any atom is 0.274 e. The summed E-state index contributed by atoms with van der Waals surface area (Å²) in [7, 11) is 0. The molecule has 0 spiro atoms. The molecule has 1 aliphatic rings. The molecule has 3 nitrogen and oxygen atoms in total. The lowest BCUT2D eigenvalue weighted by molar-refractivity contribution is -0.0129. The van der Waals surface area contributed by atoms with Gasteiger partial charge in [-0.05, 0) is 24.6 Å². The van der Waals surface area contributed by atoms with Crippen LogP contribution >= 0.6 is 0 Å². The molecule has 0 saturated carbocycles. The Morgan fingerprint density at radius 1 is 1.28 bits per heavy atom. The fraction of sp³-hybridized carbons (Fsp3) is 0.462. The van der Waals surface area contributed by atoms with E-state index < -0.39 is 12.3 Å². The highest BCUT2D eigenvalue weighted by Gasteiger charge is 2.34. The number of hydrogen-bond donors (Lipinski definition) is 0. The second-order valence-corrected chi connectivity index (χ2v) is 4.17. The summed E-state index contributed by atoms with van der Waals surface area (Å²) < 4.78 is 38.5. The Labute approximate surface area is 104 Å². The summed E-state index contributed by atoms with van der Waals surface area (Å²) in [5.41, 5.74) is 0.351. The van der Waals surface area contributed by atoms with Gasteiger partial charge >= 0.3 is 0 Å². The fourth-order valence-electron chi connectivity index (χ4n) is 1.93. The number of benzene rings is 1. The Morgan fingerprint density at radius 2 is 1.89 bits per heavy atom. The molecule has 1 heterocycles. The average molecular weight is 253 g/mol. The number of ether oxygens (including phenoxy) is 2. The molecule has 1 aromatic rings. The van der Waals surface area contributed by atoms with Crippen molar-refractivity contribution in [2.24, 2.45) is 0 Å². The largest absolute Gasteiger partial charge is 0.486 e. The highest BCUT2D eigenvalue weighted by atomic mass is 19.3. The molecule has 0 bridgehead atoms. The lowest BCUT2D eigenvalue weighted by Gasteiger charge is -2.23. The van der Waals surface area contributed by atoms with Crippen LogP contribution < -0.4 is 9.47 Å². The van der Waals surface area contributed by atoms with E-state index in [-0.39, 0.29) is 12.0 Å². The normalized spacial score (nSPS) is 14.1. The maximum absolute atomic E-state index is 13.9. The molecule has 1 aliphatic heterocycles. The number of rotatable bonds is 3. The number of aryl methyl sites for hydroxylation is 1. The van der Waals surface area contributed by atoms with Crippen LogP contribution in [0, 0.1) is 18.3 Å². The number of fused-ring (bicyclic) bond motifs is 1. The van der Waals surface area contributed by atoms with Crippen LogP contribution in [-0.2, 0) is 5.92 Å². The van der Waals surface area contributed by atoms with Crippen LogP contribution in [0.25, 0.3) is 0 Å². The van der Waals surface area contributed by atoms with Crippen molar-refractivity contribution in [1.82, 2.24) is 0 Å². The van der Waals surface area contributed by atoms with E-state index in [4.69, 9.17) is 14.7 Å². The van der Waals surface area contributed by atoms with E-state index in [2.05, 4.69) is 0 Å². The summed E-state index contributed by atoms with van der Waals surface area (Å²) in [5, 5.41) is 8.41. The van der Waals surface area contributed by atoms with Crippen LogP contribution in [0.1, 0.15) is 24.0 Å². The number of alkyl halides is 2. The highest BCUT2D eigenvalue weighted by Crippen LogP contribution is 2.41. The van der Waals surface area contributed by atoms with Crippen molar-refractivity contribution in [3.63, 3.8) is 0 Å². The van der Waals surface area contributed by atoms with Crippen molar-refractivity contribution in [3.05, 3.63) is 23.3 Å². The van der Waals surface area contributed by atoms with Crippen LogP contribution in [0.15, 0.2) is 12.1 Å². The van der Waals surface area contributed by atoms with Crippen LogP contribution in [0.5, 0.6) is 11.5 Å². The summed E-state index contributed by atoms with van der Waals surface area (Å²) >= 11 is 0. The Kier molecular flexibility index (Phi) is 3.37. The van der Waals surface area contributed by atoms with Crippen molar-refractivity contribution in [1.29, 1.82) is 5.26 Å². The van der Waals surface area contributed by atoms with E-state index >= 15 is 0 Å². The minimum Gasteiger partial charge on any atom is -0.486 e. The van der Waals surface area contributed by atoms with E-state index in [0.29, 0.717) is 30.3 Å². The van der Waals surface area contributed by atoms with Crippen LogP contribution in [0.3, 0.4) is 0 Å². The van der Waals surface area contributed by atoms with Gasteiger partial charge in [-0.1, -0.05) is 0 Å². The molecule has 0 radical (unpaired) electrons. The first-order chi connectivity index (χ1) is 8.54. The minimum absolute atomic E-state index is 0.0954. The number of nitriles is 1. The van der Waals surface area contributed by atoms with Crippen molar-refractivity contribution < 1.29 is 18.3 Å². The van der Waals surface area contributed by atoms with E-state index in [1.807, 2.05) is 0 Å². The number of halogens is 2. The Bertz CT molecular complexity index is 494. The van der Waals surface area contributed by atoms with Crippen molar-refractivity contribution >= 4 is 0 Å². The van der Waals surface area contributed by atoms with E-state index in [0.717, 1.165) is 0 Å². The third-order valence-electron chi connectivity index (χ3n) is 2.83. The number of hydrogen-bond acceptors (Lipinski definition) is 3. The van der Waals surface area contributed by atoms with Gasteiger partial charge in [-0.15, -0.1) is 0 Å². The smallest absolute Gasteiger partial charge is 0.274 e. The van der Waals surface area contributed by atoms with E-state index in [1.54, 1.807) is 19.1 Å². The summed E-state index contributed by atoms with van der Waals surface area (Å²) in [6.45, 7) is 2.39. The zero-order chi connectivity index (χ0) is 13.2. The van der Waals surface area contributed by atoms with Gasteiger partial charge in [-0.2, -0.15) is 5.26 Å². The summed E-state index contributed by atoms with van der Waals surface area (Å²) in [6, 6.07) is 4.62. The Hall–Kier alpha value is -1.83. The molecule has 0 saturated heterocycles. The van der Waals surface area contributed by atoms with Gasteiger partial charge in [0.05, 0.1) is 6.07 Å². The third-order valence-corrected chi connectivity index (χ3v) is 2.83. The molecular weight excluding hydrogens is 240 g/mol. The molecule has 0 atom stereocenters. The van der Waals surface area contributed by atoms with Crippen LogP contribution in [0.4, 0.5) is 8.78 Å². The van der Waals surface area contributed by atoms with Gasteiger partial charge in [0.25, 0.3) is 5.92 Å². The zero-order valence-electron chi connectivity index (χ0n) is 10.0. The quantitative estimate of drug-likeness (QED) is 0.830. The first-order valence-corrected chi connectivity index (χ1v) is 5.70. The summed E-state index contributed by atoms with van der Waals surface area (Å²) in [5.74, 6) is -2.17.